The SMILES string of the molecule is CC(C)[N-]c1ccccc1C1C(C)C(C)C2c3c(sc4ccccc34)C=CC12.CC1C(C)C2c3c(sc4ccccc34)C=CC2C1c1ccccc1[N-]C(C)(C)C.CCC1Cc2cccc(C3C(C)C(C)C4c5c(sc6ccccc56)C=CC34)c2[N-]1.Cc1cccc(C)c1[N-]c1ccccc1C1C(C)C(C)C2c3c(sc4ccccc34)C=CC12.[CH3-].[CH3-].[CH3-].[CH3-].[CH3-].[CH3-].[CH3-].[CH3-].[CH3-].[CH3-].[CH3-].[CH3-].[Ti+4].[Ti+4].[Ti+4].[Ti+4]. The summed E-state index contributed by atoms with van der Waals surface area (Å²) >= 11 is 7.83. The fourth-order valence-corrected chi connectivity index (χ4v) is 29.0. The third-order valence-electron chi connectivity index (χ3n) is 30.2. The summed E-state index contributed by atoms with van der Waals surface area (Å²) in [5.74, 6) is 11.7. The fourth-order valence-electron chi connectivity index (χ4n) is 24.3. The quantitative estimate of drug-likeness (QED) is 0.0968. The first-order chi connectivity index (χ1) is 57.6. The predicted octanol–water partition coefficient (Wildman–Crippen LogP) is 39.7. The molecule has 0 spiro atoms. The van der Waals surface area contributed by atoms with Crippen molar-refractivity contribution >= 4 is 138 Å². The van der Waals surface area contributed by atoms with Crippen molar-refractivity contribution in [2.75, 3.05) is 0 Å². The fraction of sp³-hybridized carbons (Fsp3) is 0.333. The molecule has 0 N–H and O–H groups in total. The van der Waals surface area contributed by atoms with Gasteiger partial charge in [-0.05, 0) is 231 Å². The second-order valence-electron chi connectivity index (χ2n) is 38.1. The van der Waals surface area contributed by atoms with E-state index in [1.54, 1.807) is 22.3 Å². The minimum Gasteiger partial charge on any atom is -0.682 e. The molecule has 1 aliphatic heterocycles. The Bertz CT molecular complexity index is 6100. The van der Waals surface area contributed by atoms with Gasteiger partial charge in [-0.3, -0.25) is 0 Å². The molecule has 21 atom stereocenters. The Morgan fingerprint density at radius 2 is 0.607 bits per heavy atom. The van der Waals surface area contributed by atoms with Gasteiger partial charge in [0, 0.05) is 38.3 Å². The number of aryl methyl sites for hydroxylation is 2. The van der Waals surface area contributed by atoms with Gasteiger partial charge in [-0.2, -0.15) is 0 Å². The first kappa shape index (κ1) is 123. The van der Waals surface area contributed by atoms with Gasteiger partial charge in [0.1, 0.15) is 0 Å². The average Bonchev–Trinajstić information content (AvgIpc) is 1.58. The molecule has 135 heavy (non-hydrogen) atoms. The van der Waals surface area contributed by atoms with Crippen molar-refractivity contribution in [2.24, 2.45) is 71.0 Å². The number of benzene rings is 9. The summed E-state index contributed by atoms with van der Waals surface area (Å²) in [6.07, 6.45) is 22.0. The van der Waals surface area contributed by atoms with E-state index in [9.17, 15) is 0 Å². The predicted molar refractivity (Wildman–Crippen MR) is 596 cm³/mol. The topological polar surface area (TPSA) is 56.4 Å². The van der Waals surface area contributed by atoms with Crippen molar-refractivity contribution in [1.29, 1.82) is 0 Å². The van der Waals surface area contributed by atoms with Crippen LogP contribution in [0, 0.1) is 174 Å². The Morgan fingerprint density at radius 3 is 0.941 bits per heavy atom. The summed E-state index contributed by atoms with van der Waals surface area (Å²) in [6.45, 7) is 37.3. The Kier molecular flexibility index (Phi) is 46.0. The molecule has 0 radical (unpaired) electrons. The maximum Gasteiger partial charge on any atom is 4.00 e. The molecule has 9 aliphatic rings. The van der Waals surface area contributed by atoms with E-state index in [2.05, 4.69) is 366 Å². The second-order valence-corrected chi connectivity index (χ2v) is 42.4. The van der Waals surface area contributed by atoms with Gasteiger partial charge in [-0.15, -0.1) is 91.4 Å². The molecule has 4 nitrogen and oxygen atoms in total. The standard InChI is InChI=1S/C31H30NS.C27H28NS.C27H30NS.C26H28NS.12CH3.4Ti/c1-18-10-9-11-19(2)31(18)32-25-14-7-5-12-22(25)28-20(3)21(4)29-24(28)16-17-27-30(29)23-13-6-8-15-26(23)33-27;1-4-18-14-17-8-7-10-21(27(17)28-18)24-15(2)16(3)25-20(24)12-13-23-26(25)19-9-5-6-11-22(19)29-23;1-16-17(2)25-20(14-15-23-26(25)19-11-7-9-13-22(19)29-23)24(16)18-10-6-8-12-21(18)28-27(3,4)5;1-15(2)27-21-11-7-5-9-18(21)24-16(3)17(4)25-20(24)13-14-23-26(25)19-10-6-8-12-22(19)28-23;;;;;;;;;;;;;;;;/h5-17,20-21,24,28-29H,1-4H3;5-13,15-16,18,20,24-25H,4,14H2,1-3H3;6-17,20,24-25H,1-5H3;5-17,20,24-25H,1-4H3;12*1H3;;;;/q16*-1;4*+4. The maximum atomic E-state index is 5.24. The van der Waals surface area contributed by atoms with E-state index in [1.807, 2.05) is 45.3 Å². The maximum absolute atomic E-state index is 5.24. The molecular formula is C123H152N4S4Ti4. The zero-order valence-electron chi connectivity index (χ0n) is 86.3. The van der Waals surface area contributed by atoms with E-state index in [0.717, 1.165) is 24.2 Å². The molecule has 12 heteroatoms. The molecule has 5 heterocycles. The summed E-state index contributed by atoms with van der Waals surface area (Å²) < 4.78 is 5.71. The van der Waals surface area contributed by atoms with E-state index >= 15 is 0 Å². The van der Waals surface area contributed by atoms with E-state index in [1.165, 1.54) is 116 Å². The average molecular weight is 2010 g/mol. The Balaban J connectivity index is 0.000000447. The van der Waals surface area contributed by atoms with Crippen LogP contribution in [0.4, 0.5) is 28.4 Å². The molecule has 0 bridgehead atoms. The summed E-state index contributed by atoms with van der Waals surface area (Å²) in [7, 11) is 0. The molecule has 704 valence electrons. The van der Waals surface area contributed by atoms with Gasteiger partial charge >= 0.3 is 86.9 Å². The Morgan fingerprint density at radius 1 is 0.333 bits per heavy atom. The van der Waals surface area contributed by atoms with Gasteiger partial charge in [0.2, 0.25) is 0 Å². The van der Waals surface area contributed by atoms with Gasteiger partial charge in [-0.25, -0.2) is 0 Å². The molecule has 13 aromatic rings. The molecule has 4 saturated carbocycles. The van der Waals surface area contributed by atoms with Crippen LogP contribution in [-0.2, 0) is 93.3 Å². The Labute approximate surface area is 897 Å². The zero-order chi connectivity index (χ0) is 82.1. The number of hydrogen-bond acceptors (Lipinski definition) is 4. The number of allylic oxidation sites excluding steroid dienone is 4. The summed E-state index contributed by atoms with van der Waals surface area (Å²) in [5, 5.41) is 26.4. The van der Waals surface area contributed by atoms with Crippen molar-refractivity contribution < 1.29 is 86.9 Å². The molecule has 22 rings (SSSR count). The largest absolute Gasteiger partial charge is 4.00 e. The van der Waals surface area contributed by atoms with Crippen molar-refractivity contribution in [1.82, 2.24) is 0 Å². The zero-order valence-corrected chi connectivity index (χ0v) is 95.8. The number of para-hydroxylation sites is 5. The number of nitrogens with zero attached hydrogens (tertiary/aromatic N) is 4. The van der Waals surface area contributed by atoms with Gasteiger partial charge in [0.25, 0.3) is 0 Å². The van der Waals surface area contributed by atoms with Crippen LogP contribution in [-0.4, -0.2) is 17.6 Å². The van der Waals surface area contributed by atoms with Gasteiger partial charge in [-0.1, -0.05) is 349 Å². The van der Waals surface area contributed by atoms with Crippen LogP contribution in [0.15, 0.2) is 231 Å². The monoisotopic (exact) mass is 2000 g/mol. The first-order valence-electron chi connectivity index (χ1n) is 44.7. The summed E-state index contributed by atoms with van der Waals surface area (Å²) in [5.41, 5.74) is 22.0. The van der Waals surface area contributed by atoms with Crippen LogP contribution in [0.1, 0.15) is 231 Å². The first-order valence-corrected chi connectivity index (χ1v) is 48.0. The normalized spacial score (nSPS) is 25.2. The van der Waals surface area contributed by atoms with Crippen LogP contribution in [0.3, 0.4) is 0 Å². The molecule has 4 fully saturated rings. The van der Waals surface area contributed by atoms with E-state index in [4.69, 9.17) is 21.3 Å². The van der Waals surface area contributed by atoms with Crippen LogP contribution in [0.25, 0.3) is 85.9 Å². The third-order valence-corrected chi connectivity index (χ3v) is 34.8. The summed E-state index contributed by atoms with van der Waals surface area (Å²) in [4.78, 5) is 5.90. The van der Waals surface area contributed by atoms with Gasteiger partial charge in [0.05, 0.1) is 0 Å². The van der Waals surface area contributed by atoms with E-state index in [0.29, 0.717) is 130 Å². The second kappa shape index (κ2) is 50.5. The van der Waals surface area contributed by atoms with Crippen LogP contribution < -0.4 is 0 Å². The van der Waals surface area contributed by atoms with Crippen LogP contribution in [0.2, 0.25) is 0 Å². The number of thiophene rings is 4. The molecule has 9 aromatic carbocycles. The minimum absolute atomic E-state index is 0. The van der Waals surface area contributed by atoms with Gasteiger partial charge in [0.15, 0.2) is 0 Å². The minimum atomic E-state index is -0.0674. The molecule has 4 aromatic heterocycles. The number of rotatable bonds is 10. The molecule has 0 saturated heterocycles. The van der Waals surface area contributed by atoms with E-state index in [-0.39, 0.29) is 182 Å². The van der Waals surface area contributed by atoms with Crippen LogP contribution >= 0.6 is 45.3 Å². The van der Waals surface area contributed by atoms with Crippen molar-refractivity contribution in [2.45, 2.75) is 189 Å². The van der Waals surface area contributed by atoms with Crippen molar-refractivity contribution in [3.05, 3.63) is 422 Å². The van der Waals surface area contributed by atoms with Crippen molar-refractivity contribution in [3.63, 3.8) is 0 Å². The smallest absolute Gasteiger partial charge is 0.682 e. The van der Waals surface area contributed by atoms with Gasteiger partial charge < -0.3 is 110 Å². The van der Waals surface area contributed by atoms with E-state index < -0.39 is 0 Å². The van der Waals surface area contributed by atoms with Crippen LogP contribution in [0.5, 0.6) is 0 Å². The van der Waals surface area contributed by atoms with Crippen molar-refractivity contribution in [3.8, 4) is 0 Å². The molecule has 8 aliphatic carbocycles. The number of hydrogen-bond donors (Lipinski definition) is 0. The molecule has 0 amide bonds. The molecular weight excluding hydrogens is 1850 g/mol. The third kappa shape index (κ3) is 22.2. The Hall–Kier alpha value is -6.16. The molecule has 21 unspecified atom stereocenters. The summed E-state index contributed by atoms with van der Waals surface area (Å²) in [6, 6.07) is 76.7. The number of fused-ring (bicyclic) bond motifs is 21.